The summed E-state index contributed by atoms with van der Waals surface area (Å²) in [4.78, 5) is 24.3. The fraction of sp³-hybridized carbons (Fsp3) is 0.429. The molecule has 114 valence electrons. The number of amides is 2. The summed E-state index contributed by atoms with van der Waals surface area (Å²) in [5, 5.41) is 2.85. The Hall–Kier alpha value is -1.89. The predicted octanol–water partition coefficient (Wildman–Crippen LogP) is 2.11. The van der Waals surface area contributed by atoms with Gasteiger partial charge in [-0.05, 0) is 24.7 Å². The largest absolute Gasteiger partial charge is 0.416 e. The molecule has 1 fully saturated rings. The monoisotopic (exact) mass is 300 g/mol. The molecule has 1 unspecified atom stereocenters. The molecule has 1 heterocycles. The first kappa shape index (κ1) is 15.5. The second-order valence-corrected chi connectivity index (χ2v) is 4.86. The van der Waals surface area contributed by atoms with Gasteiger partial charge in [0.05, 0.1) is 11.6 Å². The van der Waals surface area contributed by atoms with Gasteiger partial charge in [-0.15, -0.1) is 0 Å². The Morgan fingerprint density at radius 2 is 1.86 bits per heavy atom. The molecule has 1 saturated heterocycles. The van der Waals surface area contributed by atoms with Crippen molar-refractivity contribution in [2.45, 2.75) is 25.1 Å². The molecule has 2 amide bonds. The molecule has 0 radical (unpaired) electrons. The van der Waals surface area contributed by atoms with Crippen molar-refractivity contribution in [1.82, 2.24) is 10.2 Å². The van der Waals surface area contributed by atoms with Gasteiger partial charge in [0.2, 0.25) is 11.8 Å². The van der Waals surface area contributed by atoms with E-state index in [2.05, 4.69) is 5.32 Å². The van der Waals surface area contributed by atoms with Crippen molar-refractivity contribution in [3.8, 4) is 0 Å². The van der Waals surface area contributed by atoms with Crippen molar-refractivity contribution in [2.24, 2.45) is 0 Å². The third-order valence-electron chi connectivity index (χ3n) is 3.48. The molecule has 1 aliphatic rings. The lowest BCUT2D eigenvalue weighted by Crippen LogP contribution is -2.37. The van der Waals surface area contributed by atoms with Crippen LogP contribution >= 0.6 is 0 Å². The maximum atomic E-state index is 12.7. The molecule has 7 heteroatoms. The van der Waals surface area contributed by atoms with Gasteiger partial charge in [0, 0.05) is 19.4 Å². The molecule has 4 nitrogen and oxygen atoms in total. The minimum absolute atomic E-state index is 0.0372. The predicted molar refractivity (Wildman–Crippen MR) is 69.2 cm³/mol. The van der Waals surface area contributed by atoms with Crippen molar-refractivity contribution in [3.63, 3.8) is 0 Å². The zero-order valence-electron chi connectivity index (χ0n) is 11.4. The molecular weight excluding hydrogens is 285 g/mol. The van der Waals surface area contributed by atoms with Crippen LogP contribution in [0.15, 0.2) is 24.3 Å². The lowest BCUT2D eigenvalue weighted by Gasteiger charge is -2.23. The first-order valence-electron chi connectivity index (χ1n) is 6.50. The number of rotatable bonds is 4. The average molecular weight is 300 g/mol. The normalized spacial score (nSPS) is 17.4. The maximum Gasteiger partial charge on any atom is 0.416 e. The zero-order valence-corrected chi connectivity index (χ0v) is 11.4. The lowest BCUT2D eigenvalue weighted by atomic mass is 10.0. The highest BCUT2D eigenvalue weighted by Gasteiger charge is 2.33. The minimum Gasteiger partial charge on any atom is -0.312 e. The van der Waals surface area contributed by atoms with Crippen LogP contribution in [0.3, 0.4) is 0 Å². The fourth-order valence-electron chi connectivity index (χ4n) is 2.30. The molecule has 1 N–H and O–H groups in total. The first-order chi connectivity index (χ1) is 9.82. The summed E-state index contributed by atoms with van der Waals surface area (Å²) < 4.78 is 38.2. The van der Waals surface area contributed by atoms with E-state index in [1.54, 1.807) is 13.1 Å². The summed E-state index contributed by atoms with van der Waals surface area (Å²) in [5.41, 5.74) is -0.362. The van der Waals surface area contributed by atoms with Crippen LogP contribution in [-0.2, 0) is 15.8 Å². The summed E-state index contributed by atoms with van der Waals surface area (Å²) in [6.45, 7) is 0.0372. The Bertz CT molecular complexity index is 541. The van der Waals surface area contributed by atoms with E-state index in [1.165, 1.54) is 6.07 Å². The third-order valence-corrected chi connectivity index (χ3v) is 3.48. The number of hydrogen-bond acceptors (Lipinski definition) is 3. The summed E-state index contributed by atoms with van der Waals surface area (Å²) in [7, 11) is 1.58. The third kappa shape index (κ3) is 3.41. The summed E-state index contributed by atoms with van der Waals surface area (Å²) in [5.74, 6) is -0.570. The standard InChI is InChI=1S/C14H15F3N2O2/c1-18-11(8-19-12(20)5-6-13(19)21)9-3-2-4-10(7-9)14(15,16)17/h2-4,7,11,18H,5-6,8H2,1H3. The first-order valence-corrected chi connectivity index (χ1v) is 6.50. The molecule has 0 spiro atoms. The van der Waals surface area contributed by atoms with Crippen molar-refractivity contribution in [1.29, 1.82) is 0 Å². The number of imide groups is 1. The highest BCUT2D eigenvalue weighted by atomic mass is 19.4. The van der Waals surface area contributed by atoms with Crippen LogP contribution in [0.25, 0.3) is 0 Å². The molecule has 1 aromatic rings. The number of likely N-dealkylation sites (N-methyl/N-ethyl adjacent to an activating group) is 1. The molecule has 0 bridgehead atoms. The van der Waals surface area contributed by atoms with Crippen LogP contribution in [0.5, 0.6) is 0 Å². The van der Waals surface area contributed by atoms with E-state index in [-0.39, 0.29) is 31.2 Å². The smallest absolute Gasteiger partial charge is 0.312 e. The van der Waals surface area contributed by atoms with Crippen LogP contribution in [0.4, 0.5) is 13.2 Å². The number of likely N-dealkylation sites (tertiary alicyclic amines) is 1. The van der Waals surface area contributed by atoms with Gasteiger partial charge in [0.1, 0.15) is 0 Å². The van der Waals surface area contributed by atoms with E-state index in [4.69, 9.17) is 0 Å². The van der Waals surface area contributed by atoms with Crippen LogP contribution in [0, 0.1) is 0 Å². The molecule has 0 aromatic heterocycles. The minimum atomic E-state index is -4.42. The number of nitrogens with one attached hydrogen (secondary N) is 1. The molecule has 1 aliphatic heterocycles. The fourth-order valence-corrected chi connectivity index (χ4v) is 2.30. The number of nitrogens with zero attached hydrogens (tertiary/aromatic N) is 1. The number of alkyl halides is 3. The molecule has 0 aliphatic carbocycles. The highest BCUT2D eigenvalue weighted by molar-refractivity contribution is 6.01. The van der Waals surface area contributed by atoms with Crippen molar-refractivity contribution < 1.29 is 22.8 Å². The Balaban J connectivity index is 2.22. The number of carbonyl (C=O) groups excluding carboxylic acids is 2. The lowest BCUT2D eigenvalue weighted by molar-refractivity contribution is -0.139. The van der Waals surface area contributed by atoms with Crippen LogP contribution in [-0.4, -0.2) is 30.3 Å². The SMILES string of the molecule is CNC(CN1C(=O)CCC1=O)c1cccc(C(F)(F)F)c1. The Labute approximate surface area is 119 Å². The molecule has 1 aromatic carbocycles. The van der Waals surface area contributed by atoms with E-state index in [0.717, 1.165) is 17.0 Å². The van der Waals surface area contributed by atoms with Gasteiger partial charge in [-0.2, -0.15) is 13.2 Å². The van der Waals surface area contributed by atoms with Gasteiger partial charge in [-0.1, -0.05) is 12.1 Å². The molecule has 2 rings (SSSR count). The Morgan fingerprint density at radius 3 is 2.38 bits per heavy atom. The Morgan fingerprint density at radius 1 is 1.24 bits per heavy atom. The second-order valence-electron chi connectivity index (χ2n) is 4.86. The topological polar surface area (TPSA) is 49.4 Å². The quantitative estimate of drug-likeness (QED) is 0.867. The average Bonchev–Trinajstić information content (AvgIpc) is 2.75. The summed E-state index contributed by atoms with van der Waals surface area (Å²) >= 11 is 0. The van der Waals surface area contributed by atoms with Crippen molar-refractivity contribution in [2.75, 3.05) is 13.6 Å². The number of benzene rings is 1. The van der Waals surface area contributed by atoms with Gasteiger partial charge >= 0.3 is 6.18 Å². The van der Waals surface area contributed by atoms with Gasteiger partial charge in [-0.25, -0.2) is 0 Å². The highest BCUT2D eigenvalue weighted by Crippen LogP contribution is 2.31. The summed E-state index contributed by atoms with van der Waals surface area (Å²) in [6, 6.07) is 4.35. The van der Waals surface area contributed by atoms with Crippen LogP contribution < -0.4 is 5.32 Å². The molecular formula is C14H15F3N2O2. The van der Waals surface area contributed by atoms with E-state index in [0.29, 0.717) is 5.56 Å². The van der Waals surface area contributed by atoms with E-state index >= 15 is 0 Å². The van der Waals surface area contributed by atoms with Gasteiger partial charge in [-0.3, -0.25) is 14.5 Å². The second kappa shape index (κ2) is 5.85. The van der Waals surface area contributed by atoms with Gasteiger partial charge in [0.25, 0.3) is 0 Å². The molecule has 21 heavy (non-hydrogen) atoms. The zero-order chi connectivity index (χ0) is 15.6. The van der Waals surface area contributed by atoms with Crippen LogP contribution in [0.2, 0.25) is 0 Å². The number of halogens is 3. The van der Waals surface area contributed by atoms with E-state index in [1.807, 2.05) is 0 Å². The van der Waals surface area contributed by atoms with Crippen molar-refractivity contribution >= 4 is 11.8 Å². The maximum absolute atomic E-state index is 12.7. The Kier molecular flexibility index (Phi) is 4.32. The molecule has 0 saturated carbocycles. The van der Waals surface area contributed by atoms with Crippen LogP contribution in [0.1, 0.15) is 30.0 Å². The van der Waals surface area contributed by atoms with E-state index in [9.17, 15) is 22.8 Å². The molecule has 1 atom stereocenters. The van der Waals surface area contributed by atoms with E-state index < -0.39 is 17.8 Å². The van der Waals surface area contributed by atoms with Gasteiger partial charge in [0.15, 0.2) is 0 Å². The van der Waals surface area contributed by atoms with Gasteiger partial charge < -0.3 is 5.32 Å². The number of hydrogen-bond donors (Lipinski definition) is 1. The number of carbonyl (C=O) groups is 2. The van der Waals surface area contributed by atoms with Crippen molar-refractivity contribution in [3.05, 3.63) is 35.4 Å². The summed E-state index contributed by atoms with van der Waals surface area (Å²) in [6.07, 6.45) is -4.09.